The summed E-state index contributed by atoms with van der Waals surface area (Å²) < 4.78 is 5.48. The summed E-state index contributed by atoms with van der Waals surface area (Å²) >= 11 is 0. The zero-order valence-electron chi connectivity index (χ0n) is 11.6. The molecule has 2 atom stereocenters. The molecule has 2 aliphatic rings. The fourth-order valence-corrected chi connectivity index (χ4v) is 2.64. The first-order valence-corrected chi connectivity index (χ1v) is 6.94. The summed E-state index contributed by atoms with van der Waals surface area (Å²) in [6, 6.07) is 4.87. The number of carbonyl (C=O) groups is 3. The lowest BCUT2D eigenvalue weighted by molar-refractivity contribution is -0.123. The van der Waals surface area contributed by atoms with Crippen LogP contribution in [0.25, 0.3) is 0 Å². The first kappa shape index (κ1) is 13.8. The molecule has 3 rings (SSSR count). The van der Waals surface area contributed by atoms with E-state index in [0.29, 0.717) is 23.5 Å². The van der Waals surface area contributed by atoms with Gasteiger partial charge in [0.1, 0.15) is 12.5 Å². The van der Waals surface area contributed by atoms with Crippen molar-refractivity contribution >= 4 is 29.0 Å². The lowest BCUT2D eigenvalue weighted by Crippen LogP contribution is -2.25. The van der Waals surface area contributed by atoms with Crippen LogP contribution in [0.1, 0.15) is 30.1 Å². The van der Waals surface area contributed by atoms with Crippen LogP contribution in [-0.2, 0) is 14.3 Å². The van der Waals surface area contributed by atoms with Crippen molar-refractivity contribution in [3.8, 4) is 0 Å². The zero-order valence-corrected chi connectivity index (χ0v) is 11.6. The quantitative estimate of drug-likeness (QED) is 0.639. The topological polar surface area (TPSA) is 84.5 Å². The van der Waals surface area contributed by atoms with Crippen molar-refractivity contribution in [2.24, 2.45) is 5.92 Å². The van der Waals surface area contributed by atoms with E-state index in [1.807, 2.05) is 6.92 Å². The first-order chi connectivity index (χ1) is 10.0. The maximum Gasteiger partial charge on any atom is 0.233 e. The normalized spacial score (nSPS) is 24.8. The Hall–Kier alpha value is -2.21. The minimum atomic E-state index is -0.431. The number of fused-ring (bicyclic) bond motifs is 1. The van der Waals surface area contributed by atoms with Gasteiger partial charge in [-0.25, -0.2) is 0 Å². The number of benzene rings is 1. The van der Waals surface area contributed by atoms with Gasteiger partial charge >= 0.3 is 0 Å². The molecule has 0 spiro atoms. The summed E-state index contributed by atoms with van der Waals surface area (Å²) in [6.45, 7) is 2.58. The molecule has 2 amide bonds. The Kier molecular flexibility index (Phi) is 3.47. The fourth-order valence-electron chi connectivity index (χ4n) is 2.64. The number of hydrogen-bond donors (Lipinski definition) is 2. The molecular weight excluding hydrogens is 272 g/mol. The molecule has 2 aliphatic heterocycles. The molecule has 6 nitrogen and oxygen atoms in total. The second-order valence-electron chi connectivity index (χ2n) is 5.46. The molecule has 0 bridgehead atoms. The molecule has 0 aliphatic carbocycles. The highest BCUT2D eigenvalue weighted by Crippen LogP contribution is 2.29. The number of Topliss-reactive ketones (excluding diaryl/α,β-unsaturated/α-hetero) is 1. The lowest BCUT2D eigenvalue weighted by atomic mass is 9.96. The Morgan fingerprint density at radius 2 is 1.90 bits per heavy atom. The number of nitrogens with one attached hydrogen (secondary N) is 2. The Bertz CT molecular complexity index is 626. The summed E-state index contributed by atoms with van der Waals surface area (Å²) in [5.41, 5.74) is 1.43. The van der Waals surface area contributed by atoms with Crippen LogP contribution in [0, 0.1) is 5.92 Å². The van der Waals surface area contributed by atoms with Gasteiger partial charge in [-0.3, -0.25) is 14.4 Å². The van der Waals surface area contributed by atoms with Crippen LogP contribution in [0.3, 0.4) is 0 Å². The van der Waals surface area contributed by atoms with E-state index in [-0.39, 0.29) is 29.9 Å². The van der Waals surface area contributed by atoms with Crippen molar-refractivity contribution in [2.45, 2.75) is 25.9 Å². The Morgan fingerprint density at radius 1 is 1.19 bits per heavy atom. The Morgan fingerprint density at radius 3 is 2.57 bits per heavy atom. The van der Waals surface area contributed by atoms with E-state index in [2.05, 4.69) is 10.6 Å². The number of ether oxygens (including phenoxy) is 1. The molecule has 110 valence electrons. The Labute approximate surface area is 121 Å². The number of ketones is 1. The lowest BCUT2D eigenvalue weighted by Gasteiger charge is -2.15. The van der Waals surface area contributed by atoms with Gasteiger partial charge in [0.05, 0.1) is 11.4 Å². The summed E-state index contributed by atoms with van der Waals surface area (Å²) in [5.74, 6) is -0.655. The van der Waals surface area contributed by atoms with Gasteiger partial charge in [-0.15, -0.1) is 0 Å². The molecule has 2 heterocycles. The monoisotopic (exact) mass is 288 g/mol. The maximum absolute atomic E-state index is 12.4. The average molecular weight is 288 g/mol. The molecule has 0 saturated carbocycles. The number of carbonyl (C=O) groups excluding carboxylic acids is 3. The molecule has 21 heavy (non-hydrogen) atoms. The van der Waals surface area contributed by atoms with Crippen molar-refractivity contribution in [3.05, 3.63) is 23.8 Å². The minimum absolute atomic E-state index is 0.0902. The summed E-state index contributed by atoms with van der Waals surface area (Å²) in [6.07, 6.45) is 0.216. The van der Waals surface area contributed by atoms with E-state index in [1.54, 1.807) is 18.2 Å². The van der Waals surface area contributed by atoms with Crippen molar-refractivity contribution < 1.29 is 19.1 Å². The van der Waals surface area contributed by atoms with Gasteiger partial charge in [-0.2, -0.15) is 0 Å². The molecule has 2 N–H and O–H groups in total. The molecular formula is C15H16N2O4. The zero-order chi connectivity index (χ0) is 15.0. The van der Waals surface area contributed by atoms with E-state index < -0.39 is 6.10 Å². The van der Waals surface area contributed by atoms with Crippen LogP contribution < -0.4 is 10.6 Å². The van der Waals surface area contributed by atoms with Gasteiger partial charge in [0.2, 0.25) is 11.8 Å². The standard InChI is InChI=1S/C15H16N2O4/c1-8-4-5-21-15(8)14(20)9-2-3-10-11(6-9)17-13(19)7-12(18)16-10/h2-3,6,8,15H,4-5,7H2,1H3,(H,16,18)(H,17,19). The molecule has 2 unspecified atom stereocenters. The average Bonchev–Trinajstić information content (AvgIpc) is 2.79. The molecule has 1 fully saturated rings. The van der Waals surface area contributed by atoms with Gasteiger partial charge < -0.3 is 15.4 Å². The number of amides is 2. The van der Waals surface area contributed by atoms with Gasteiger partial charge in [-0.1, -0.05) is 6.92 Å². The highest BCUT2D eigenvalue weighted by Gasteiger charge is 2.32. The third-order valence-corrected chi connectivity index (χ3v) is 3.82. The largest absolute Gasteiger partial charge is 0.370 e. The SMILES string of the molecule is CC1CCOC1C(=O)c1ccc2c(c1)NC(=O)CC(=O)N2. The van der Waals surface area contributed by atoms with E-state index in [9.17, 15) is 14.4 Å². The van der Waals surface area contributed by atoms with Crippen LogP contribution in [0.15, 0.2) is 18.2 Å². The van der Waals surface area contributed by atoms with Crippen molar-refractivity contribution in [1.82, 2.24) is 0 Å². The Balaban J connectivity index is 1.90. The van der Waals surface area contributed by atoms with Gasteiger partial charge in [0.15, 0.2) is 5.78 Å². The smallest absolute Gasteiger partial charge is 0.233 e. The van der Waals surface area contributed by atoms with Crippen molar-refractivity contribution in [2.75, 3.05) is 17.2 Å². The summed E-state index contributed by atoms with van der Waals surface area (Å²) in [5, 5.41) is 5.27. The van der Waals surface area contributed by atoms with Gasteiger partial charge in [-0.05, 0) is 30.5 Å². The second-order valence-corrected chi connectivity index (χ2v) is 5.46. The first-order valence-electron chi connectivity index (χ1n) is 6.94. The maximum atomic E-state index is 12.4. The van der Waals surface area contributed by atoms with Crippen molar-refractivity contribution in [3.63, 3.8) is 0 Å². The van der Waals surface area contributed by atoms with E-state index in [0.717, 1.165) is 6.42 Å². The third-order valence-electron chi connectivity index (χ3n) is 3.82. The molecule has 1 aromatic carbocycles. The number of rotatable bonds is 2. The van der Waals surface area contributed by atoms with E-state index in [4.69, 9.17) is 4.74 Å². The minimum Gasteiger partial charge on any atom is -0.370 e. The number of anilines is 2. The van der Waals surface area contributed by atoms with Crippen LogP contribution in [0.4, 0.5) is 11.4 Å². The predicted octanol–water partition coefficient (Wildman–Crippen LogP) is 1.57. The fraction of sp³-hybridized carbons (Fsp3) is 0.400. The van der Waals surface area contributed by atoms with Gasteiger partial charge in [0, 0.05) is 12.2 Å². The van der Waals surface area contributed by atoms with Crippen LogP contribution in [0.5, 0.6) is 0 Å². The predicted molar refractivity (Wildman–Crippen MR) is 76.2 cm³/mol. The van der Waals surface area contributed by atoms with Gasteiger partial charge in [0.25, 0.3) is 0 Å². The molecule has 6 heteroatoms. The summed E-state index contributed by atoms with van der Waals surface area (Å²) in [4.78, 5) is 35.5. The molecule has 1 saturated heterocycles. The van der Waals surface area contributed by atoms with E-state index >= 15 is 0 Å². The van der Waals surface area contributed by atoms with Crippen LogP contribution >= 0.6 is 0 Å². The van der Waals surface area contributed by atoms with E-state index in [1.165, 1.54) is 0 Å². The summed E-state index contributed by atoms with van der Waals surface area (Å²) in [7, 11) is 0. The highest BCUT2D eigenvalue weighted by atomic mass is 16.5. The second kappa shape index (κ2) is 5.29. The van der Waals surface area contributed by atoms with Crippen LogP contribution in [-0.4, -0.2) is 30.3 Å². The van der Waals surface area contributed by atoms with Crippen LogP contribution in [0.2, 0.25) is 0 Å². The molecule has 0 aromatic heterocycles. The molecule has 1 aromatic rings. The third kappa shape index (κ3) is 2.67. The number of hydrogen-bond acceptors (Lipinski definition) is 4. The highest BCUT2D eigenvalue weighted by molar-refractivity contribution is 6.14. The molecule has 0 radical (unpaired) electrons. The van der Waals surface area contributed by atoms with Crippen molar-refractivity contribution in [1.29, 1.82) is 0 Å².